The van der Waals surface area contributed by atoms with Crippen LogP contribution in [0.1, 0.15) is 17.1 Å². The minimum Gasteiger partial charge on any atom is -0.496 e. The molecule has 1 heterocycles. The standard InChI is InChI=1S/C14H16N2O4/c1-10-3-5-13(20-10)9-15-8-11-7-12(16(17)18)4-6-14(11)19-2/h3-7,15H,8-9H2,1-2H3. The van der Waals surface area contributed by atoms with Crippen LogP contribution < -0.4 is 10.1 Å². The fraction of sp³-hybridized carbons (Fsp3) is 0.286. The second-order valence-corrected chi connectivity index (χ2v) is 4.37. The first-order valence-electron chi connectivity index (χ1n) is 6.17. The molecule has 0 radical (unpaired) electrons. The van der Waals surface area contributed by atoms with E-state index in [1.165, 1.54) is 12.1 Å². The van der Waals surface area contributed by atoms with Crippen LogP contribution >= 0.6 is 0 Å². The third-order valence-electron chi connectivity index (χ3n) is 2.89. The molecule has 2 aromatic rings. The van der Waals surface area contributed by atoms with Crippen molar-refractivity contribution in [2.24, 2.45) is 0 Å². The first-order valence-corrected chi connectivity index (χ1v) is 6.17. The van der Waals surface area contributed by atoms with E-state index in [0.717, 1.165) is 17.1 Å². The number of rotatable bonds is 6. The van der Waals surface area contributed by atoms with Gasteiger partial charge in [-0.3, -0.25) is 10.1 Å². The third-order valence-corrected chi connectivity index (χ3v) is 2.89. The fourth-order valence-electron chi connectivity index (χ4n) is 1.92. The Bertz CT molecular complexity index is 607. The van der Waals surface area contributed by atoms with Crippen LogP contribution in [0.5, 0.6) is 5.75 Å². The van der Waals surface area contributed by atoms with Crippen LogP contribution in [-0.4, -0.2) is 12.0 Å². The highest BCUT2D eigenvalue weighted by Crippen LogP contribution is 2.23. The molecule has 1 aromatic heterocycles. The maximum absolute atomic E-state index is 10.8. The van der Waals surface area contributed by atoms with Gasteiger partial charge in [-0.05, 0) is 25.1 Å². The summed E-state index contributed by atoms with van der Waals surface area (Å²) in [6.45, 7) is 2.90. The number of non-ortho nitro benzene ring substituents is 1. The lowest BCUT2D eigenvalue weighted by Gasteiger charge is -2.08. The molecule has 0 amide bonds. The molecule has 1 aromatic carbocycles. The number of nitro groups is 1. The van der Waals surface area contributed by atoms with E-state index in [9.17, 15) is 10.1 Å². The van der Waals surface area contributed by atoms with Gasteiger partial charge in [-0.1, -0.05) is 0 Å². The predicted molar refractivity (Wildman–Crippen MR) is 73.6 cm³/mol. The Labute approximate surface area is 116 Å². The molecule has 6 nitrogen and oxygen atoms in total. The van der Waals surface area contributed by atoms with Gasteiger partial charge in [0.05, 0.1) is 18.6 Å². The number of benzene rings is 1. The molecule has 2 rings (SSSR count). The van der Waals surface area contributed by atoms with E-state index in [-0.39, 0.29) is 5.69 Å². The van der Waals surface area contributed by atoms with Crippen molar-refractivity contribution in [3.8, 4) is 5.75 Å². The van der Waals surface area contributed by atoms with Crippen molar-refractivity contribution in [2.75, 3.05) is 7.11 Å². The third kappa shape index (κ3) is 3.36. The normalized spacial score (nSPS) is 10.5. The van der Waals surface area contributed by atoms with Gasteiger partial charge in [0.1, 0.15) is 17.3 Å². The van der Waals surface area contributed by atoms with E-state index in [1.54, 1.807) is 13.2 Å². The van der Waals surface area contributed by atoms with Gasteiger partial charge in [0.15, 0.2) is 0 Å². The number of aryl methyl sites for hydroxylation is 1. The molecule has 0 unspecified atom stereocenters. The Morgan fingerprint density at radius 3 is 2.70 bits per heavy atom. The van der Waals surface area contributed by atoms with Gasteiger partial charge in [-0.25, -0.2) is 0 Å². The quantitative estimate of drug-likeness (QED) is 0.648. The van der Waals surface area contributed by atoms with E-state index >= 15 is 0 Å². The average Bonchev–Trinajstić information content (AvgIpc) is 2.84. The van der Waals surface area contributed by atoms with Crippen LogP contribution in [0.3, 0.4) is 0 Å². The first-order chi connectivity index (χ1) is 9.60. The van der Waals surface area contributed by atoms with Gasteiger partial charge >= 0.3 is 0 Å². The zero-order valence-electron chi connectivity index (χ0n) is 11.4. The molecule has 0 aliphatic rings. The van der Waals surface area contributed by atoms with Crippen LogP contribution in [0.25, 0.3) is 0 Å². The molecule has 20 heavy (non-hydrogen) atoms. The lowest BCUT2D eigenvalue weighted by Crippen LogP contribution is -2.13. The number of nitrogens with one attached hydrogen (secondary N) is 1. The molecule has 0 aliphatic carbocycles. The van der Waals surface area contributed by atoms with E-state index in [4.69, 9.17) is 9.15 Å². The molecule has 0 saturated carbocycles. The van der Waals surface area contributed by atoms with Crippen molar-refractivity contribution in [3.05, 3.63) is 57.5 Å². The first kappa shape index (κ1) is 14.1. The number of hydrogen-bond donors (Lipinski definition) is 1. The zero-order chi connectivity index (χ0) is 14.5. The topological polar surface area (TPSA) is 77.5 Å². The maximum atomic E-state index is 10.8. The Morgan fingerprint density at radius 1 is 1.30 bits per heavy atom. The maximum Gasteiger partial charge on any atom is 0.270 e. The highest BCUT2D eigenvalue weighted by molar-refractivity contribution is 5.43. The highest BCUT2D eigenvalue weighted by atomic mass is 16.6. The summed E-state index contributed by atoms with van der Waals surface area (Å²) >= 11 is 0. The Hall–Kier alpha value is -2.34. The lowest BCUT2D eigenvalue weighted by molar-refractivity contribution is -0.384. The lowest BCUT2D eigenvalue weighted by atomic mass is 10.1. The summed E-state index contributed by atoms with van der Waals surface area (Å²) in [4.78, 5) is 10.4. The van der Waals surface area contributed by atoms with Crippen molar-refractivity contribution in [2.45, 2.75) is 20.0 Å². The van der Waals surface area contributed by atoms with E-state index in [1.807, 2.05) is 19.1 Å². The van der Waals surface area contributed by atoms with Crippen LogP contribution in [0.2, 0.25) is 0 Å². The second-order valence-electron chi connectivity index (χ2n) is 4.37. The molecule has 0 atom stereocenters. The van der Waals surface area contributed by atoms with Crippen LogP contribution in [-0.2, 0) is 13.1 Å². The number of furan rings is 1. The molecular weight excluding hydrogens is 260 g/mol. The largest absolute Gasteiger partial charge is 0.496 e. The zero-order valence-corrected chi connectivity index (χ0v) is 11.4. The molecule has 0 saturated heterocycles. The molecule has 0 aliphatic heterocycles. The summed E-state index contributed by atoms with van der Waals surface area (Å²) in [6, 6.07) is 8.33. The summed E-state index contributed by atoms with van der Waals surface area (Å²) in [5.41, 5.74) is 0.793. The van der Waals surface area contributed by atoms with Gasteiger partial charge in [0.25, 0.3) is 5.69 Å². The number of methoxy groups -OCH3 is 1. The summed E-state index contributed by atoms with van der Waals surface area (Å²) in [5.74, 6) is 2.31. The summed E-state index contributed by atoms with van der Waals surface area (Å²) < 4.78 is 10.6. The van der Waals surface area contributed by atoms with Crippen LogP contribution in [0, 0.1) is 17.0 Å². The summed E-state index contributed by atoms with van der Waals surface area (Å²) in [7, 11) is 1.54. The molecule has 0 fully saturated rings. The summed E-state index contributed by atoms with van der Waals surface area (Å²) in [5, 5.41) is 14.0. The second kappa shape index (κ2) is 6.21. The van der Waals surface area contributed by atoms with Gasteiger partial charge < -0.3 is 14.5 Å². The van der Waals surface area contributed by atoms with Crippen LogP contribution in [0.4, 0.5) is 5.69 Å². The fourth-order valence-corrected chi connectivity index (χ4v) is 1.92. The van der Waals surface area contributed by atoms with Crippen LogP contribution in [0.15, 0.2) is 34.7 Å². The van der Waals surface area contributed by atoms with Crippen molar-refractivity contribution in [1.82, 2.24) is 5.32 Å². The minimum atomic E-state index is -0.418. The van der Waals surface area contributed by atoms with Gasteiger partial charge in [0, 0.05) is 24.2 Å². The monoisotopic (exact) mass is 276 g/mol. The number of nitrogens with zero attached hydrogens (tertiary/aromatic N) is 1. The molecule has 106 valence electrons. The predicted octanol–water partition coefficient (Wildman–Crippen LogP) is 2.79. The van der Waals surface area contributed by atoms with Crippen molar-refractivity contribution in [3.63, 3.8) is 0 Å². The van der Waals surface area contributed by atoms with Crippen molar-refractivity contribution < 1.29 is 14.1 Å². The Balaban J connectivity index is 2.03. The SMILES string of the molecule is COc1ccc([N+](=O)[O-])cc1CNCc1ccc(C)o1. The van der Waals surface area contributed by atoms with E-state index in [2.05, 4.69) is 5.32 Å². The van der Waals surface area contributed by atoms with Gasteiger partial charge in [0.2, 0.25) is 0 Å². The smallest absolute Gasteiger partial charge is 0.270 e. The Kier molecular flexibility index (Phi) is 4.37. The van der Waals surface area contributed by atoms with Gasteiger partial charge in [-0.15, -0.1) is 0 Å². The van der Waals surface area contributed by atoms with E-state index in [0.29, 0.717) is 18.8 Å². The molecular formula is C14H16N2O4. The highest BCUT2D eigenvalue weighted by Gasteiger charge is 2.11. The van der Waals surface area contributed by atoms with E-state index < -0.39 is 4.92 Å². The van der Waals surface area contributed by atoms with Crippen molar-refractivity contribution in [1.29, 1.82) is 0 Å². The molecule has 0 spiro atoms. The minimum absolute atomic E-state index is 0.0523. The average molecular weight is 276 g/mol. The number of hydrogen-bond acceptors (Lipinski definition) is 5. The number of nitro benzene ring substituents is 1. The van der Waals surface area contributed by atoms with Crippen molar-refractivity contribution >= 4 is 5.69 Å². The number of ether oxygens (including phenoxy) is 1. The molecule has 0 bridgehead atoms. The molecule has 1 N–H and O–H groups in total. The summed E-state index contributed by atoms with van der Waals surface area (Å²) in [6.07, 6.45) is 0. The Morgan fingerprint density at radius 2 is 2.10 bits per heavy atom. The molecule has 6 heteroatoms. The van der Waals surface area contributed by atoms with Gasteiger partial charge in [-0.2, -0.15) is 0 Å².